The molecule has 162 valence electrons. The lowest BCUT2D eigenvalue weighted by Gasteiger charge is -2.37. The van der Waals surface area contributed by atoms with Gasteiger partial charge < -0.3 is 19.3 Å². The Bertz CT molecular complexity index is 1020. The number of hydrogen-bond acceptors (Lipinski definition) is 5. The minimum atomic E-state index is -0.136. The van der Waals surface area contributed by atoms with Gasteiger partial charge in [0, 0.05) is 11.1 Å². The zero-order valence-corrected chi connectivity index (χ0v) is 19.9. The molecule has 0 bridgehead atoms. The highest BCUT2D eigenvalue weighted by Gasteiger charge is 2.42. The van der Waals surface area contributed by atoms with Crippen LogP contribution in [0.15, 0.2) is 60.7 Å². The first-order valence-electron chi connectivity index (χ1n) is 10.8. The molecular weight excluding hydrogens is 404 g/mol. The zero-order chi connectivity index (χ0) is 22.0. The largest absolute Gasteiger partial charge is 0.463 e. The third kappa shape index (κ3) is 3.35. The number of hydrogen-bond donors (Lipinski definition) is 0. The topological polar surface area (TPSA) is 24.9 Å². The van der Waals surface area contributed by atoms with E-state index in [4.69, 9.17) is 9.47 Å². The standard InChI is InChI=1S/C26H30N2O2S/c1-25(2,3)27-17-11-7-9-13-19(17)29-23(27)21-15-16-22(31-21)24-28(26(4,5)6)18-12-8-10-14-20(18)30-24/h7-16,23-24H,1-6H3. The second-order valence-corrected chi connectivity index (χ2v) is 11.3. The van der Waals surface area contributed by atoms with Gasteiger partial charge in [-0.1, -0.05) is 24.3 Å². The maximum atomic E-state index is 6.45. The fraction of sp³-hybridized carbons (Fsp3) is 0.385. The van der Waals surface area contributed by atoms with E-state index in [-0.39, 0.29) is 23.5 Å². The number of nitrogens with zero attached hydrogens (tertiary/aromatic N) is 2. The highest BCUT2D eigenvalue weighted by Crippen LogP contribution is 2.51. The summed E-state index contributed by atoms with van der Waals surface area (Å²) in [5.74, 6) is 1.89. The lowest BCUT2D eigenvalue weighted by atomic mass is 10.0. The number of thiophene rings is 1. The van der Waals surface area contributed by atoms with E-state index in [1.807, 2.05) is 12.1 Å². The molecule has 0 spiro atoms. The number of para-hydroxylation sites is 4. The Morgan fingerprint density at radius 1 is 0.613 bits per heavy atom. The molecule has 5 heteroatoms. The van der Waals surface area contributed by atoms with Gasteiger partial charge in [0.25, 0.3) is 0 Å². The molecule has 2 unspecified atom stereocenters. The second kappa shape index (κ2) is 6.92. The molecule has 2 aliphatic heterocycles. The van der Waals surface area contributed by atoms with E-state index in [9.17, 15) is 0 Å². The summed E-state index contributed by atoms with van der Waals surface area (Å²) in [5, 5.41) is 0. The van der Waals surface area contributed by atoms with Crippen LogP contribution in [0.25, 0.3) is 0 Å². The summed E-state index contributed by atoms with van der Waals surface area (Å²) in [7, 11) is 0. The van der Waals surface area contributed by atoms with Crippen molar-refractivity contribution in [3.05, 3.63) is 70.4 Å². The molecule has 0 amide bonds. The van der Waals surface area contributed by atoms with Crippen molar-refractivity contribution in [1.29, 1.82) is 0 Å². The Morgan fingerprint density at radius 2 is 1.00 bits per heavy atom. The van der Waals surface area contributed by atoms with Crippen molar-refractivity contribution in [3.63, 3.8) is 0 Å². The predicted octanol–water partition coefficient (Wildman–Crippen LogP) is 7.14. The fourth-order valence-corrected chi connectivity index (χ4v) is 5.59. The Morgan fingerprint density at radius 3 is 1.39 bits per heavy atom. The first-order chi connectivity index (χ1) is 14.6. The van der Waals surface area contributed by atoms with Gasteiger partial charge in [-0.2, -0.15) is 0 Å². The summed E-state index contributed by atoms with van der Waals surface area (Å²) in [6, 6.07) is 21.0. The van der Waals surface area contributed by atoms with Crippen LogP contribution in [0.3, 0.4) is 0 Å². The predicted molar refractivity (Wildman–Crippen MR) is 128 cm³/mol. The molecule has 5 rings (SSSR count). The van der Waals surface area contributed by atoms with E-state index in [1.165, 1.54) is 9.75 Å². The summed E-state index contributed by atoms with van der Waals surface area (Å²) in [6.07, 6.45) is -0.272. The van der Waals surface area contributed by atoms with Crippen molar-refractivity contribution in [2.24, 2.45) is 0 Å². The van der Waals surface area contributed by atoms with Gasteiger partial charge in [0.05, 0.1) is 21.1 Å². The maximum Gasteiger partial charge on any atom is 0.208 e. The maximum absolute atomic E-state index is 6.45. The van der Waals surface area contributed by atoms with Crippen LogP contribution in [0.1, 0.15) is 63.8 Å². The average molecular weight is 435 g/mol. The van der Waals surface area contributed by atoms with Crippen LogP contribution in [0.5, 0.6) is 11.5 Å². The van der Waals surface area contributed by atoms with Crippen LogP contribution >= 0.6 is 11.3 Å². The minimum absolute atomic E-state index is 0.0705. The van der Waals surface area contributed by atoms with Gasteiger partial charge in [-0.05, 0) is 77.9 Å². The molecule has 3 aromatic rings. The van der Waals surface area contributed by atoms with Gasteiger partial charge in [0.1, 0.15) is 11.5 Å². The third-order valence-electron chi connectivity index (χ3n) is 5.78. The van der Waals surface area contributed by atoms with E-state index in [0.29, 0.717) is 0 Å². The molecule has 0 N–H and O–H groups in total. The summed E-state index contributed by atoms with van der Waals surface area (Å²) < 4.78 is 12.9. The molecule has 1 aromatic heterocycles. The van der Waals surface area contributed by atoms with E-state index in [1.54, 1.807) is 11.3 Å². The van der Waals surface area contributed by atoms with Crippen molar-refractivity contribution in [1.82, 2.24) is 0 Å². The number of anilines is 2. The van der Waals surface area contributed by atoms with Gasteiger partial charge in [-0.15, -0.1) is 11.3 Å². The summed E-state index contributed by atoms with van der Waals surface area (Å²) in [6.45, 7) is 13.4. The van der Waals surface area contributed by atoms with E-state index in [2.05, 4.69) is 99.9 Å². The monoisotopic (exact) mass is 434 g/mol. The number of fused-ring (bicyclic) bond motifs is 2. The van der Waals surface area contributed by atoms with Gasteiger partial charge in [0.2, 0.25) is 12.5 Å². The molecule has 0 fully saturated rings. The first kappa shape index (κ1) is 20.3. The van der Waals surface area contributed by atoms with Crippen LogP contribution in [-0.2, 0) is 0 Å². The van der Waals surface area contributed by atoms with Crippen LogP contribution in [0.2, 0.25) is 0 Å². The Kier molecular flexibility index (Phi) is 4.52. The molecule has 2 aromatic carbocycles. The molecular formula is C26H30N2O2S. The first-order valence-corrected chi connectivity index (χ1v) is 11.7. The Hall–Kier alpha value is -2.66. The average Bonchev–Trinajstić information content (AvgIpc) is 3.40. The van der Waals surface area contributed by atoms with Crippen molar-refractivity contribution in [2.45, 2.75) is 65.1 Å². The zero-order valence-electron chi connectivity index (χ0n) is 19.0. The van der Waals surface area contributed by atoms with Gasteiger partial charge in [-0.3, -0.25) is 0 Å². The van der Waals surface area contributed by atoms with Gasteiger partial charge in [-0.25, -0.2) is 0 Å². The lowest BCUT2D eigenvalue weighted by Crippen LogP contribution is -2.43. The van der Waals surface area contributed by atoms with Crippen molar-refractivity contribution in [3.8, 4) is 11.5 Å². The fourth-order valence-electron chi connectivity index (χ4n) is 4.54. The molecule has 0 saturated carbocycles. The lowest BCUT2D eigenvalue weighted by molar-refractivity contribution is 0.207. The van der Waals surface area contributed by atoms with Crippen molar-refractivity contribution < 1.29 is 9.47 Å². The molecule has 2 aliphatic rings. The van der Waals surface area contributed by atoms with Gasteiger partial charge in [0.15, 0.2) is 0 Å². The highest BCUT2D eigenvalue weighted by molar-refractivity contribution is 7.12. The number of ether oxygens (including phenoxy) is 2. The molecule has 31 heavy (non-hydrogen) atoms. The smallest absolute Gasteiger partial charge is 0.208 e. The van der Waals surface area contributed by atoms with E-state index in [0.717, 1.165) is 22.9 Å². The third-order valence-corrected chi connectivity index (χ3v) is 6.92. The van der Waals surface area contributed by atoms with Crippen LogP contribution in [0.4, 0.5) is 11.4 Å². The SMILES string of the molecule is CC(C)(C)N1c2ccccc2OC1c1ccc(C2Oc3ccccc3N2C(C)(C)C)s1. The van der Waals surface area contributed by atoms with Crippen LogP contribution < -0.4 is 19.3 Å². The van der Waals surface area contributed by atoms with E-state index < -0.39 is 0 Å². The second-order valence-electron chi connectivity index (χ2n) is 10.2. The number of rotatable bonds is 2. The quantitative estimate of drug-likeness (QED) is 0.428. The Balaban J connectivity index is 1.51. The molecule has 0 aliphatic carbocycles. The van der Waals surface area contributed by atoms with Crippen LogP contribution in [-0.4, -0.2) is 11.1 Å². The number of benzene rings is 2. The molecule has 2 atom stereocenters. The van der Waals surface area contributed by atoms with E-state index >= 15 is 0 Å². The Labute approximate surface area is 189 Å². The molecule has 4 nitrogen and oxygen atoms in total. The van der Waals surface area contributed by atoms with Crippen LogP contribution in [0, 0.1) is 0 Å². The molecule has 3 heterocycles. The summed E-state index contributed by atoms with van der Waals surface area (Å²) in [4.78, 5) is 7.14. The van der Waals surface area contributed by atoms with Crippen molar-refractivity contribution >= 4 is 22.7 Å². The normalized spacial score (nSPS) is 20.3. The summed E-state index contributed by atoms with van der Waals surface area (Å²) in [5.41, 5.74) is 2.16. The molecule has 0 saturated heterocycles. The minimum Gasteiger partial charge on any atom is -0.463 e. The summed E-state index contributed by atoms with van der Waals surface area (Å²) >= 11 is 1.78. The highest BCUT2D eigenvalue weighted by atomic mass is 32.1. The van der Waals surface area contributed by atoms with Gasteiger partial charge >= 0.3 is 0 Å². The molecule has 0 radical (unpaired) electrons. The van der Waals surface area contributed by atoms with Crippen molar-refractivity contribution in [2.75, 3.05) is 9.80 Å².